The number of anilines is 3. The van der Waals surface area contributed by atoms with E-state index in [4.69, 9.17) is 4.74 Å². The first-order valence-corrected chi connectivity index (χ1v) is 8.61. The molecule has 0 aromatic carbocycles. The van der Waals surface area contributed by atoms with Crippen molar-refractivity contribution in [2.75, 3.05) is 24.3 Å². The number of alkyl halides is 3. The second kappa shape index (κ2) is 5.53. The minimum absolute atomic E-state index is 0.0134. The molecule has 2 unspecified atom stereocenters. The fraction of sp³-hybridized carbons (Fsp3) is 0.467. The summed E-state index contributed by atoms with van der Waals surface area (Å²) in [6.45, 7) is 2.16. The van der Waals surface area contributed by atoms with Gasteiger partial charge in [-0.1, -0.05) is 11.3 Å². The first-order valence-electron chi connectivity index (χ1n) is 7.80. The number of hydrogen-bond acceptors (Lipinski definition) is 8. The third-order valence-electron chi connectivity index (χ3n) is 4.62. The topological polar surface area (TPSA) is 89.0 Å². The molecule has 11 heteroatoms. The van der Waals surface area contributed by atoms with Gasteiger partial charge in [-0.15, -0.1) is 0 Å². The lowest BCUT2D eigenvalue weighted by atomic mass is 10.1. The molecule has 0 spiro atoms. The van der Waals surface area contributed by atoms with Crippen LogP contribution in [0.15, 0.2) is 6.20 Å². The number of thiazole rings is 1. The van der Waals surface area contributed by atoms with Crippen molar-refractivity contribution in [1.82, 2.24) is 15.0 Å². The molecule has 0 radical (unpaired) electrons. The molecule has 2 atom stereocenters. The highest BCUT2D eigenvalue weighted by atomic mass is 32.1. The van der Waals surface area contributed by atoms with Crippen LogP contribution in [0.5, 0.6) is 0 Å². The Morgan fingerprint density at radius 1 is 1.38 bits per heavy atom. The minimum atomic E-state index is -4.55. The standard InChI is InChI=1S/C15H14F3N5O2S/c1-6-10(26-11(21-6)14-3-7(14)5-25-12(14)24)23-13-20-4-8(15(16,17)18)9(19-2)22-13/h4,7H,3,5H2,1-2H3,(H2,19,20,22,23). The molecule has 1 saturated heterocycles. The number of rotatable bonds is 4. The largest absolute Gasteiger partial charge is 0.465 e. The zero-order valence-corrected chi connectivity index (χ0v) is 14.6. The van der Waals surface area contributed by atoms with Crippen LogP contribution in [-0.4, -0.2) is 34.6 Å². The Morgan fingerprint density at radius 2 is 2.15 bits per heavy atom. The number of halogens is 3. The van der Waals surface area contributed by atoms with Gasteiger partial charge in [-0.3, -0.25) is 4.79 Å². The van der Waals surface area contributed by atoms with Gasteiger partial charge in [0.25, 0.3) is 0 Å². The van der Waals surface area contributed by atoms with E-state index in [-0.39, 0.29) is 23.7 Å². The number of nitrogens with zero attached hydrogens (tertiary/aromatic N) is 3. The van der Waals surface area contributed by atoms with Crippen LogP contribution < -0.4 is 10.6 Å². The Labute approximate surface area is 150 Å². The van der Waals surface area contributed by atoms with E-state index in [0.29, 0.717) is 22.3 Å². The van der Waals surface area contributed by atoms with E-state index < -0.39 is 17.2 Å². The molecule has 2 N–H and O–H groups in total. The van der Waals surface area contributed by atoms with E-state index in [0.717, 1.165) is 12.6 Å². The first-order chi connectivity index (χ1) is 12.3. The van der Waals surface area contributed by atoms with Crippen LogP contribution in [0.2, 0.25) is 0 Å². The SMILES string of the molecule is CNc1nc(Nc2sc(C34CC3COC4=O)nc2C)ncc1C(F)(F)F. The number of ether oxygens (including phenoxy) is 1. The van der Waals surface area contributed by atoms with Gasteiger partial charge in [0.1, 0.15) is 26.8 Å². The molecule has 7 nitrogen and oxygen atoms in total. The molecular weight excluding hydrogens is 371 g/mol. The number of cyclic esters (lactones) is 1. The predicted molar refractivity (Wildman–Crippen MR) is 87.5 cm³/mol. The number of esters is 1. The summed E-state index contributed by atoms with van der Waals surface area (Å²) in [5.41, 5.74) is -0.966. The van der Waals surface area contributed by atoms with E-state index in [2.05, 4.69) is 25.6 Å². The molecule has 2 fully saturated rings. The Morgan fingerprint density at radius 3 is 2.73 bits per heavy atom. The van der Waals surface area contributed by atoms with Gasteiger partial charge in [-0.2, -0.15) is 18.2 Å². The highest BCUT2D eigenvalue weighted by molar-refractivity contribution is 7.16. The summed E-state index contributed by atoms with van der Waals surface area (Å²) in [5, 5.41) is 6.56. The summed E-state index contributed by atoms with van der Waals surface area (Å²) in [6, 6.07) is 0. The molecule has 0 bridgehead atoms. The summed E-state index contributed by atoms with van der Waals surface area (Å²) in [5.74, 6) is -0.408. The number of aromatic nitrogens is 3. The highest BCUT2D eigenvalue weighted by Gasteiger charge is 2.69. The van der Waals surface area contributed by atoms with Crippen molar-refractivity contribution >= 4 is 34.1 Å². The number of fused-ring (bicyclic) bond motifs is 1. The Bertz CT molecular complexity index is 900. The number of aryl methyl sites for hydroxylation is 1. The summed E-state index contributed by atoms with van der Waals surface area (Å²) in [7, 11) is 1.36. The maximum absolute atomic E-state index is 12.9. The van der Waals surface area contributed by atoms with Crippen LogP contribution in [0, 0.1) is 12.8 Å². The summed E-state index contributed by atoms with van der Waals surface area (Å²) >= 11 is 1.27. The van der Waals surface area contributed by atoms with Gasteiger partial charge in [0, 0.05) is 19.2 Å². The molecule has 1 aliphatic carbocycles. The average Bonchev–Trinajstić information content (AvgIpc) is 3.10. The van der Waals surface area contributed by atoms with E-state index in [1.807, 2.05) is 0 Å². The lowest BCUT2D eigenvalue weighted by Crippen LogP contribution is -2.18. The molecule has 4 rings (SSSR count). The molecular formula is C15H14F3N5O2S. The van der Waals surface area contributed by atoms with Crippen LogP contribution >= 0.6 is 11.3 Å². The lowest BCUT2D eigenvalue weighted by molar-refractivity contribution is -0.142. The van der Waals surface area contributed by atoms with Crippen molar-refractivity contribution in [2.45, 2.75) is 24.9 Å². The Balaban J connectivity index is 1.62. The zero-order chi connectivity index (χ0) is 18.7. The monoisotopic (exact) mass is 385 g/mol. The van der Waals surface area contributed by atoms with Crippen molar-refractivity contribution in [3.63, 3.8) is 0 Å². The average molecular weight is 385 g/mol. The third kappa shape index (κ3) is 2.49. The zero-order valence-electron chi connectivity index (χ0n) is 13.8. The third-order valence-corrected chi connectivity index (χ3v) is 5.87. The van der Waals surface area contributed by atoms with Gasteiger partial charge in [-0.25, -0.2) is 9.97 Å². The number of carbonyl (C=O) groups excluding carboxylic acids is 1. The first kappa shape index (κ1) is 17.0. The highest BCUT2D eigenvalue weighted by Crippen LogP contribution is 2.60. The lowest BCUT2D eigenvalue weighted by Gasteiger charge is -2.12. The van der Waals surface area contributed by atoms with Gasteiger partial charge >= 0.3 is 12.1 Å². The molecule has 1 saturated carbocycles. The molecule has 2 aliphatic rings. The molecule has 1 aliphatic heterocycles. The van der Waals surface area contributed by atoms with Crippen molar-refractivity contribution in [1.29, 1.82) is 0 Å². The summed E-state index contributed by atoms with van der Waals surface area (Å²) < 4.78 is 43.9. The van der Waals surface area contributed by atoms with Crippen LogP contribution in [0.3, 0.4) is 0 Å². The van der Waals surface area contributed by atoms with Crippen molar-refractivity contribution in [3.8, 4) is 0 Å². The quantitative estimate of drug-likeness (QED) is 0.783. The molecule has 3 heterocycles. The van der Waals surface area contributed by atoms with Crippen molar-refractivity contribution in [2.24, 2.45) is 5.92 Å². The number of nitrogens with one attached hydrogen (secondary N) is 2. The fourth-order valence-corrected chi connectivity index (χ4v) is 4.31. The summed E-state index contributed by atoms with van der Waals surface area (Å²) in [6.07, 6.45) is -3.10. The van der Waals surface area contributed by atoms with Gasteiger partial charge in [-0.05, 0) is 13.3 Å². The van der Waals surface area contributed by atoms with E-state index in [1.165, 1.54) is 18.4 Å². The maximum Gasteiger partial charge on any atom is 0.421 e. The molecule has 2 aromatic heterocycles. The van der Waals surface area contributed by atoms with Crippen LogP contribution in [0.25, 0.3) is 0 Å². The molecule has 0 amide bonds. The Hall–Kier alpha value is -2.43. The smallest absolute Gasteiger partial charge is 0.421 e. The minimum Gasteiger partial charge on any atom is -0.465 e. The van der Waals surface area contributed by atoms with Crippen LogP contribution in [-0.2, 0) is 21.1 Å². The summed E-state index contributed by atoms with van der Waals surface area (Å²) in [4.78, 5) is 24.1. The van der Waals surface area contributed by atoms with Crippen LogP contribution in [0.4, 0.5) is 29.9 Å². The number of carbonyl (C=O) groups is 1. The van der Waals surface area contributed by atoms with Crippen molar-refractivity contribution < 1.29 is 22.7 Å². The van der Waals surface area contributed by atoms with E-state index in [1.54, 1.807) is 6.92 Å². The van der Waals surface area contributed by atoms with Gasteiger partial charge < -0.3 is 15.4 Å². The molecule has 138 valence electrons. The Kier molecular flexibility index (Phi) is 3.62. The van der Waals surface area contributed by atoms with Crippen molar-refractivity contribution in [3.05, 3.63) is 22.5 Å². The number of hydrogen-bond donors (Lipinski definition) is 2. The maximum atomic E-state index is 12.9. The molecule has 26 heavy (non-hydrogen) atoms. The van der Waals surface area contributed by atoms with Gasteiger partial charge in [0.15, 0.2) is 0 Å². The van der Waals surface area contributed by atoms with E-state index in [9.17, 15) is 18.0 Å². The second-order valence-corrected chi connectivity index (χ2v) is 7.23. The van der Waals surface area contributed by atoms with E-state index >= 15 is 0 Å². The van der Waals surface area contributed by atoms with Crippen LogP contribution in [0.1, 0.15) is 22.7 Å². The van der Waals surface area contributed by atoms with Gasteiger partial charge in [0.05, 0.1) is 12.3 Å². The molecule has 2 aromatic rings. The predicted octanol–water partition coefficient (Wildman–Crippen LogP) is 2.86. The fourth-order valence-electron chi connectivity index (χ4n) is 3.08. The second-order valence-electron chi connectivity index (χ2n) is 6.23. The normalized spacial score (nSPS) is 24.2. The van der Waals surface area contributed by atoms with Gasteiger partial charge in [0.2, 0.25) is 5.95 Å².